The number of aldehydes is 1. The topological polar surface area (TPSA) is 17.1 Å². The summed E-state index contributed by atoms with van der Waals surface area (Å²) in [6.07, 6.45) is 3.32. The van der Waals surface area contributed by atoms with Crippen LogP contribution in [0.15, 0.2) is 22.7 Å². The monoisotopic (exact) mass is 260 g/mol. The van der Waals surface area contributed by atoms with Crippen LogP contribution in [0.25, 0.3) is 0 Å². The summed E-state index contributed by atoms with van der Waals surface area (Å²) in [6.45, 7) is 0. The van der Waals surface area contributed by atoms with Crippen molar-refractivity contribution in [1.82, 2.24) is 0 Å². The Balaban J connectivity index is 2.64. The third kappa shape index (κ3) is 3.49. The van der Waals surface area contributed by atoms with Crippen molar-refractivity contribution in [3.8, 4) is 0 Å². The van der Waals surface area contributed by atoms with E-state index in [1.54, 1.807) is 0 Å². The first-order valence-electron chi connectivity index (χ1n) is 4.11. The lowest BCUT2D eigenvalue weighted by Gasteiger charge is -2.02. The molecule has 0 aliphatic heterocycles. The fourth-order valence-electron chi connectivity index (χ4n) is 1.11. The Morgan fingerprint density at radius 3 is 2.92 bits per heavy atom. The molecule has 0 atom stereocenters. The molecular weight excluding hydrogens is 251 g/mol. The van der Waals surface area contributed by atoms with Gasteiger partial charge in [-0.15, -0.1) is 0 Å². The van der Waals surface area contributed by atoms with Crippen LogP contribution in [0.1, 0.15) is 18.4 Å². The van der Waals surface area contributed by atoms with Crippen molar-refractivity contribution >= 4 is 33.8 Å². The van der Waals surface area contributed by atoms with Crippen LogP contribution in [0.5, 0.6) is 0 Å². The minimum atomic E-state index is 0.610. The standard InChI is InChI=1S/C10H10BrClO/c11-10-5-4-9(12)7-8(10)3-1-2-6-13/h4-7H,1-3H2. The van der Waals surface area contributed by atoms with Crippen LogP contribution in [0, 0.1) is 0 Å². The maximum atomic E-state index is 10.1. The summed E-state index contributed by atoms with van der Waals surface area (Å²) in [4.78, 5) is 10.1. The molecule has 0 amide bonds. The summed E-state index contributed by atoms with van der Waals surface area (Å²) in [5, 5.41) is 0.740. The van der Waals surface area contributed by atoms with Crippen molar-refractivity contribution in [2.24, 2.45) is 0 Å². The minimum absolute atomic E-state index is 0.610. The molecule has 1 aromatic rings. The van der Waals surface area contributed by atoms with Crippen LogP contribution in [-0.2, 0) is 11.2 Å². The van der Waals surface area contributed by atoms with E-state index < -0.39 is 0 Å². The van der Waals surface area contributed by atoms with Crippen LogP contribution in [0.2, 0.25) is 5.02 Å². The average molecular weight is 262 g/mol. The zero-order valence-corrected chi connectivity index (χ0v) is 9.44. The van der Waals surface area contributed by atoms with Crippen LogP contribution < -0.4 is 0 Å². The zero-order valence-electron chi connectivity index (χ0n) is 7.09. The second kappa shape index (κ2) is 5.40. The lowest BCUT2D eigenvalue weighted by molar-refractivity contribution is -0.107. The Kier molecular flexibility index (Phi) is 4.46. The van der Waals surface area contributed by atoms with E-state index in [0.717, 1.165) is 34.2 Å². The Hall–Kier alpha value is -0.340. The van der Waals surface area contributed by atoms with Gasteiger partial charge in [0.15, 0.2) is 0 Å². The molecule has 0 fully saturated rings. The molecule has 0 saturated carbocycles. The van der Waals surface area contributed by atoms with Gasteiger partial charge in [-0.3, -0.25) is 0 Å². The molecule has 70 valence electrons. The Labute approximate surface area is 91.2 Å². The molecule has 0 heterocycles. The largest absolute Gasteiger partial charge is 0.303 e. The van der Waals surface area contributed by atoms with Gasteiger partial charge in [-0.25, -0.2) is 0 Å². The molecule has 0 aromatic heterocycles. The predicted octanol–water partition coefficient (Wildman–Crippen LogP) is 3.62. The molecule has 0 aliphatic rings. The minimum Gasteiger partial charge on any atom is -0.303 e. The molecular formula is C10H10BrClO. The molecule has 0 bridgehead atoms. The van der Waals surface area contributed by atoms with Gasteiger partial charge in [0.05, 0.1) is 0 Å². The molecule has 0 unspecified atom stereocenters. The summed E-state index contributed by atoms with van der Waals surface area (Å²) in [5.41, 5.74) is 1.16. The van der Waals surface area contributed by atoms with Gasteiger partial charge in [0.2, 0.25) is 0 Å². The van der Waals surface area contributed by atoms with Gasteiger partial charge in [0.1, 0.15) is 6.29 Å². The molecule has 0 N–H and O–H groups in total. The highest BCUT2D eigenvalue weighted by atomic mass is 79.9. The SMILES string of the molecule is O=CCCCc1cc(Cl)ccc1Br. The molecule has 0 radical (unpaired) electrons. The van der Waals surface area contributed by atoms with E-state index in [1.807, 2.05) is 18.2 Å². The van der Waals surface area contributed by atoms with E-state index >= 15 is 0 Å². The Bertz CT molecular complexity index is 299. The normalized spacial score (nSPS) is 10.0. The fourth-order valence-corrected chi connectivity index (χ4v) is 1.75. The number of rotatable bonds is 4. The number of hydrogen-bond acceptors (Lipinski definition) is 1. The number of halogens is 2. The summed E-state index contributed by atoms with van der Waals surface area (Å²) in [7, 11) is 0. The highest BCUT2D eigenvalue weighted by Gasteiger charge is 2.00. The van der Waals surface area contributed by atoms with Crippen molar-refractivity contribution in [2.75, 3.05) is 0 Å². The highest BCUT2D eigenvalue weighted by molar-refractivity contribution is 9.10. The molecule has 0 aliphatic carbocycles. The molecule has 13 heavy (non-hydrogen) atoms. The quantitative estimate of drug-likeness (QED) is 0.597. The van der Waals surface area contributed by atoms with Crippen LogP contribution in [0.4, 0.5) is 0 Å². The van der Waals surface area contributed by atoms with E-state index in [0.29, 0.717) is 6.42 Å². The van der Waals surface area contributed by atoms with Gasteiger partial charge in [-0.05, 0) is 36.6 Å². The smallest absolute Gasteiger partial charge is 0.120 e. The van der Waals surface area contributed by atoms with Gasteiger partial charge in [0, 0.05) is 15.9 Å². The average Bonchev–Trinajstić information content (AvgIpc) is 2.11. The summed E-state index contributed by atoms with van der Waals surface area (Å²) < 4.78 is 1.06. The van der Waals surface area contributed by atoms with Crippen LogP contribution in [-0.4, -0.2) is 6.29 Å². The van der Waals surface area contributed by atoms with Gasteiger partial charge in [-0.2, -0.15) is 0 Å². The van der Waals surface area contributed by atoms with Gasteiger partial charge >= 0.3 is 0 Å². The van der Waals surface area contributed by atoms with E-state index in [4.69, 9.17) is 11.6 Å². The molecule has 1 rings (SSSR count). The third-order valence-corrected chi connectivity index (χ3v) is 2.78. The number of carbonyl (C=O) groups is 1. The fraction of sp³-hybridized carbons (Fsp3) is 0.300. The lowest BCUT2D eigenvalue weighted by atomic mass is 10.1. The number of hydrogen-bond donors (Lipinski definition) is 0. The third-order valence-electron chi connectivity index (χ3n) is 1.78. The van der Waals surface area contributed by atoms with E-state index in [9.17, 15) is 4.79 Å². The van der Waals surface area contributed by atoms with Gasteiger partial charge in [-0.1, -0.05) is 27.5 Å². The van der Waals surface area contributed by atoms with Crippen LogP contribution in [0.3, 0.4) is 0 Å². The number of unbranched alkanes of at least 4 members (excludes halogenated alkanes) is 1. The lowest BCUT2D eigenvalue weighted by Crippen LogP contribution is -1.87. The number of aryl methyl sites for hydroxylation is 1. The summed E-state index contributed by atoms with van der Waals surface area (Å²) >= 11 is 9.27. The predicted molar refractivity (Wildman–Crippen MR) is 58.2 cm³/mol. The Morgan fingerprint density at radius 1 is 1.46 bits per heavy atom. The molecule has 1 nitrogen and oxygen atoms in total. The molecule has 1 aromatic carbocycles. The summed E-state index contributed by atoms with van der Waals surface area (Å²) in [6, 6.07) is 5.70. The van der Waals surface area contributed by atoms with Crippen molar-refractivity contribution < 1.29 is 4.79 Å². The van der Waals surface area contributed by atoms with Crippen molar-refractivity contribution in [1.29, 1.82) is 0 Å². The first-order valence-corrected chi connectivity index (χ1v) is 5.28. The van der Waals surface area contributed by atoms with Crippen molar-refractivity contribution in [3.63, 3.8) is 0 Å². The number of benzene rings is 1. The van der Waals surface area contributed by atoms with Gasteiger partial charge < -0.3 is 4.79 Å². The number of carbonyl (C=O) groups excluding carboxylic acids is 1. The first kappa shape index (κ1) is 10.7. The second-order valence-corrected chi connectivity index (χ2v) is 4.09. The zero-order chi connectivity index (χ0) is 9.68. The van der Waals surface area contributed by atoms with Crippen LogP contribution >= 0.6 is 27.5 Å². The maximum absolute atomic E-state index is 10.1. The van der Waals surface area contributed by atoms with E-state index in [-0.39, 0.29) is 0 Å². The molecule has 0 saturated heterocycles. The van der Waals surface area contributed by atoms with E-state index in [2.05, 4.69) is 15.9 Å². The molecule has 3 heteroatoms. The summed E-state index contributed by atoms with van der Waals surface area (Å²) in [5.74, 6) is 0. The van der Waals surface area contributed by atoms with Crippen molar-refractivity contribution in [3.05, 3.63) is 33.3 Å². The van der Waals surface area contributed by atoms with Gasteiger partial charge in [0.25, 0.3) is 0 Å². The Morgan fingerprint density at radius 2 is 2.23 bits per heavy atom. The molecule has 0 spiro atoms. The maximum Gasteiger partial charge on any atom is 0.120 e. The van der Waals surface area contributed by atoms with E-state index in [1.165, 1.54) is 0 Å². The first-order chi connectivity index (χ1) is 6.24. The second-order valence-electron chi connectivity index (χ2n) is 2.79. The highest BCUT2D eigenvalue weighted by Crippen LogP contribution is 2.22. The van der Waals surface area contributed by atoms with Crippen molar-refractivity contribution in [2.45, 2.75) is 19.3 Å².